The number of aromatic nitrogens is 2. The predicted octanol–water partition coefficient (Wildman–Crippen LogP) is 3.12. The summed E-state index contributed by atoms with van der Waals surface area (Å²) in [7, 11) is 0. The van der Waals surface area contributed by atoms with Gasteiger partial charge in [-0.2, -0.15) is 0 Å². The molecule has 126 valence electrons. The van der Waals surface area contributed by atoms with Gasteiger partial charge in [-0.25, -0.2) is 9.78 Å². The van der Waals surface area contributed by atoms with E-state index in [2.05, 4.69) is 46.1 Å². The molecule has 1 aliphatic heterocycles. The van der Waals surface area contributed by atoms with E-state index in [4.69, 9.17) is 5.11 Å². The van der Waals surface area contributed by atoms with Crippen molar-refractivity contribution in [3.63, 3.8) is 0 Å². The molecule has 0 unspecified atom stereocenters. The minimum atomic E-state index is -1.04. The maximum atomic E-state index is 10.8. The van der Waals surface area contributed by atoms with Gasteiger partial charge in [-0.1, -0.05) is 31.2 Å². The van der Waals surface area contributed by atoms with Gasteiger partial charge in [-0.15, -0.1) is 0 Å². The summed E-state index contributed by atoms with van der Waals surface area (Å²) in [5.74, 6) is -0.406. The van der Waals surface area contributed by atoms with Crippen molar-refractivity contribution in [1.82, 2.24) is 14.9 Å². The third-order valence-electron chi connectivity index (χ3n) is 4.76. The Balaban J connectivity index is 1.53. The molecule has 5 heteroatoms. The van der Waals surface area contributed by atoms with Crippen LogP contribution >= 0.6 is 0 Å². The number of hydrogen-bond donors (Lipinski definition) is 1. The summed E-state index contributed by atoms with van der Waals surface area (Å²) < 4.78 is 0. The second-order valence-electron chi connectivity index (χ2n) is 6.34. The lowest BCUT2D eigenvalue weighted by Gasteiger charge is -2.32. The van der Waals surface area contributed by atoms with Gasteiger partial charge in [0.25, 0.3) is 0 Å². The summed E-state index contributed by atoms with van der Waals surface area (Å²) in [6.07, 6.45) is 6.28. The molecule has 3 rings (SSSR count). The van der Waals surface area contributed by atoms with Crippen molar-refractivity contribution in [3.8, 4) is 0 Å². The summed E-state index contributed by atoms with van der Waals surface area (Å²) in [4.78, 5) is 21.3. The van der Waals surface area contributed by atoms with E-state index in [0.29, 0.717) is 5.92 Å². The lowest BCUT2D eigenvalue weighted by molar-refractivity contribution is 0.0690. The smallest absolute Gasteiger partial charge is 0.356 e. The van der Waals surface area contributed by atoms with Gasteiger partial charge in [0.15, 0.2) is 5.69 Å². The Morgan fingerprint density at radius 2 is 1.88 bits per heavy atom. The minimum Gasteiger partial charge on any atom is -0.476 e. The Morgan fingerprint density at radius 1 is 1.17 bits per heavy atom. The molecule has 1 saturated heterocycles. The lowest BCUT2D eigenvalue weighted by atomic mass is 9.89. The molecule has 0 spiro atoms. The van der Waals surface area contributed by atoms with Crippen LogP contribution in [0, 0.1) is 0 Å². The molecule has 5 nitrogen and oxygen atoms in total. The highest BCUT2D eigenvalue weighted by molar-refractivity contribution is 5.84. The van der Waals surface area contributed by atoms with E-state index in [1.54, 1.807) is 6.20 Å². The first-order valence-corrected chi connectivity index (χ1v) is 8.51. The van der Waals surface area contributed by atoms with Gasteiger partial charge in [0.2, 0.25) is 0 Å². The van der Waals surface area contributed by atoms with Crippen LogP contribution in [0.25, 0.3) is 0 Å². The molecule has 2 heterocycles. The van der Waals surface area contributed by atoms with Gasteiger partial charge in [-0.3, -0.25) is 9.88 Å². The molecule has 24 heavy (non-hydrogen) atoms. The van der Waals surface area contributed by atoms with E-state index >= 15 is 0 Å². The number of carboxylic acid groups (broad SMARTS) is 1. The third-order valence-corrected chi connectivity index (χ3v) is 4.76. The number of aromatic carboxylic acids is 1. The molecule has 1 aromatic carbocycles. The summed E-state index contributed by atoms with van der Waals surface area (Å²) in [5.41, 5.74) is 3.65. The number of carbonyl (C=O) groups is 1. The zero-order valence-corrected chi connectivity index (χ0v) is 14.0. The van der Waals surface area contributed by atoms with Crippen molar-refractivity contribution in [1.29, 1.82) is 0 Å². The molecule has 1 N–H and O–H groups in total. The maximum Gasteiger partial charge on any atom is 0.356 e. The molecular formula is C19H23N3O2. The van der Waals surface area contributed by atoms with Crippen LogP contribution < -0.4 is 0 Å². The fourth-order valence-corrected chi connectivity index (χ4v) is 3.23. The Hall–Kier alpha value is -2.27. The first kappa shape index (κ1) is 16.6. The zero-order chi connectivity index (χ0) is 16.9. The summed E-state index contributed by atoms with van der Waals surface area (Å²) >= 11 is 0. The predicted molar refractivity (Wildman–Crippen MR) is 92.1 cm³/mol. The summed E-state index contributed by atoms with van der Waals surface area (Å²) in [6.45, 7) is 4.97. The van der Waals surface area contributed by atoms with Gasteiger partial charge in [-0.05, 0) is 49.4 Å². The monoisotopic (exact) mass is 325 g/mol. The maximum absolute atomic E-state index is 10.8. The minimum absolute atomic E-state index is 0.00650. The van der Waals surface area contributed by atoms with E-state index in [-0.39, 0.29) is 5.69 Å². The zero-order valence-electron chi connectivity index (χ0n) is 14.0. The van der Waals surface area contributed by atoms with Crippen LogP contribution in [0.3, 0.4) is 0 Å². The number of nitrogens with zero attached hydrogens (tertiary/aromatic N) is 3. The number of carboxylic acids is 1. The van der Waals surface area contributed by atoms with E-state index in [1.807, 2.05) is 0 Å². The number of hydrogen-bond acceptors (Lipinski definition) is 4. The second kappa shape index (κ2) is 7.53. The summed E-state index contributed by atoms with van der Waals surface area (Å²) in [5, 5.41) is 8.85. The fourth-order valence-electron chi connectivity index (χ4n) is 3.23. The quantitative estimate of drug-likeness (QED) is 0.915. The van der Waals surface area contributed by atoms with Crippen LogP contribution in [0.5, 0.6) is 0 Å². The number of piperidine rings is 1. The molecule has 1 aliphatic rings. The van der Waals surface area contributed by atoms with Crippen molar-refractivity contribution in [2.45, 2.75) is 38.6 Å². The topological polar surface area (TPSA) is 66.3 Å². The first-order valence-electron chi connectivity index (χ1n) is 8.51. The average molecular weight is 325 g/mol. The second-order valence-corrected chi connectivity index (χ2v) is 6.34. The van der Waals surface area contributed by atoms with Gasteiger partial charge in [0, 0.05) is 6.54 Å². The van der Waals surface area contributed by atoms with Crippen LogP contribution in [-0.2, 0) is 13.0 Å². The van der Waals surface area contributed by atoms with Gasteiger partial charge < -0.3 is 5.11 Å². The van der Waals surface area contributed by atoms with Crippen molar-refractivity contribution in [2.24, 2.45) is 0 Å². The SMILES string of the molecule is CCc1ccc(C2CCN(Cc3cnc(C(=O)O)cn3)CC2)cc1. The molecule has 0 aliphatic carbocycles. The van der Waals surface area contributed by atoms with Crippen molar-refractivity contribution in [3.05, 3.63) is 59.2 Å². The largest absolute Gasteiger partial charge is 0.476 e. The van der Waals surface area contributed by atoms with Gasteiger partial charge in [0.05, 0.1) is 18.1 Å². The number of likely N-dealkylation sites (tertiary alicyclic amines) is 1. The summed E-state index contributed by atoms with van der Waals surface area (Å²) in [6, 6.07) is 9.02. The van der Waals surface area contributed by atoms with Crippen molar-refractivity contribution >= 4 is 5.97 Å². The molecule has 2 aromatic rings. The molecule has 0 bridgehead atoms. The van der Waals surface area contributed by atoms with Crippen molar-refractivity contribution < 1.29 is 9.90 Å². The average Bonchev–Trinajstić information content (AvgIpc) is 2.63. The molecule has 1 fully saturated rings. The Kier molecular flexibility index (Phi) is 5.20. The standard InChI is InChI=1S/C19H23N3O2/c1-2-14-3-5-15(6-4-14)16-7-9-22(10-8-16)13-17-11-21-18(12-20-17)19(23)24/h3-6,11-12,16H,2,7-10,13H2,1H3,(H,23,24). The third kappa shape index (κ3) is 3.97. The highest BCUT2D eigenvalue weighted by Crippen LogP contribution is 2.28. The number of benzene rings is 1. The van der Waals surface area contributed by atoms with Crippen LogP contribution in [0.1, 0.15) is 53.0 Å². The van der Waals surface area contributed by atoms with Crippen LogP contribution in [0.4, 0.5) is 0 Å². The molecular weight excluding hydrogens is 302 g/mol. The molecule has 0 saturated carbocycles. The lowest BCUT2D eigenvalue weighted by Crippen LogP contribution is -2.32. The van der Waals surface area contributed by atoms with E-state index in [9.17, 15) is 4.79 Å². The Morgan fingerprint density at radius 3 is 2.42 bits per heavy atom. The molecule has 0 atom stereocenters. The van der Waals surface area contributed by atoms with Crippen LogP contribution in [0.2, 0.25) is 0 Å². The van der Waals surface area contributed by atoms with E-state index in [1.165, 1.54) is 17.3 Å². The van der Waals surface area contributed by atoms with E-state index < -0.39 is 5.97 Å². The molecule has 1 aromatic heterocycles. The highest BCUT2D eigenvalue weighted by atomic mass is 16.4. The van der Waals surface area contributed by atoms with Crippen molar-refractivity contribution in [2.75, 3.05) is 13.1 Å². The Bertz CT molecular complexity index is 675. The fraction of sp³-hybridized carbons (Fsp3) is 0.421. The van der Waals surface area contributed by atoms with E-state index in [0.717, 1.165) is 44.6 Å². The first-order chi connectivity index (χ1) is 11.7. The normalized spacial score (nSPS) is 16.2. The van der Waals surface area contributed by atoms with Gasteiger partial charge >= 0.3 is 5.97 Å². The van der Waals surface area contributed by atoms with Gasteiger partial charge in [0.1, 0.15) is 0 Å². The van der Waals surface area contributed by atoms with Crippen LogP contribution in [-0.4, -0.2) is 39.0 Å². The highest BCUT2D eigenvalue weighted by Gasteiger charge is 2.21. The Labute approximate surface area is 142 Å². The molecule has 0 amide bonds. The van der Waals surface area contributed by atoms with Crippen LogP contribution in [0.15, 0.2) is 36.7 Å². The molecule has 0 radical (unpaired) electrons. The number of rotatable bonds is 5. The number of aryl methyl sites for hydroxylation is 1.